The van der Waals surface area contributed by atoms with Gasteiger partial charge in [0.1, 0.15) is 0 Å². The van der Waals surface area contributed by atoms with Gasteiger partial charge < -0.3 is 20.1 Å². The lowest BCUT2D eigenvalue weighted by molar-refractivity contribution is -0.120. The molecule has 0 aromatic heterocycles. The normalized spacial score (nSPS) is 24.7. The van der Waals surface area contributed by atoms with Crippen molar-refractivity contribution in [2.75, 3.05) is 26.8 Å². The fourth-order valence-corrected chi connectivity index (χ4v) is 3.24. The molecule has 0 saturated heterocycles. The summed E-state index contributed by atoms with van der Waals surface area (Å²) in [7, 11) is 1.74. The number of hydrogen-bond acceptors (Lipinski definition) is 3. The van der Waals surface area contributed by atoms with Gasteiger partial charge in [-0.05, 0) is 26.2 Å². The van der Waals surface area contributed by atoms with E-state index in [1.165, 1.54) is 0 Å². The fraction of sp³-hybridized carbons (Fsp3) is 0.929. The molecule has 0 bridgehead atoms. The molecule has 2 amide bonds. The lowest BCUT2D eigenvalue weighted by atomic mass is 9.58. The standard InChI is InChI=1S/C14H28N2O3/c1-5-14(6-2)11(10-12(14)19-4)15-13(18)16(7-3)8-9-17/h11-12,17H,5-10H2,1-4H3,(H,15,18). The van der Waals surface area contributed by atoms with Crippen LogP contribution in [-0.4, -0.2) is 55.0 Å². The highest BCUT2D eigenvalue weighted by Gasteiger charge is 2.53. The molecule has 2 unspecified atom stereocenters. The first-order valence-electron chi connectivity index (χ1n) is 7.28. The number of aliphatic hydroxyl groups is 1. The van der Waals surface area contributed by atoms with E-state index in [0.717, 1.165) is 19.3 Å². The van der Waals surface area contributed by atoms with Crippen molar-refractivity contribution in [1.29, 1.82) is 0 Å². The van der Waals surface area contributed by atoms with E-state index in [1.807, 2.05) is 6.92 Å². The number of methoxy groups -OCH3 is 1. The molecule has 112 valence electrons. The summed E-state index contributed by atoms with van der Waals surface area (Å²) in [6.07, 6.45) is 3.11. The van der Waals surface area contributed by atoms with Gasteiger partial charge in [0.25, 0.3) is 0 Å². The molecule has 1 aliphatic carbocycles. The van der Waals surface area contributed by atoms with E-state index in [0.29, 0.717) is 13.1 Å². The third kappa shape index (κ3) is 3.03. The predicted octanol–water partition coefficient (Wildman–Crippen LogP) is 1.60. The summed E-state index contributed by atoms with van der Waals surface area (Å²) in [6, 6.07) is 0.0927. The zero-order chi connectivity index (χ0) is 14.5. The highest BCUT2D eigenvalue weighted by Crippen LogP contribution is 2.48. The molecule has 0 aliphatic heterocycles. The minimum atomic E-state index is -0.0811. The number of aliphatic hydroxyl groups excluding tert-OH is 1. The Balaban J connectivity index is 2.64. The largest absolute Gasteiger partial charge is 0.395 e. The maximum absolute atomic E-state index is 12.1. The monoisotopic (exact) mass is 272 g/mol. The van der Waals surface area contributed by atoms with Crippen LogP contribution in [0.15, 0.2) is 0 Å². The first-order valence-corrected chi connectivity index (χ1v) is 7.28. The molecule has 1 aliphatic rings. The molecule has 2 atom stereocenters. The summed E-state index contributed by atoms with van der Waals surface area (Å²) >= 11 is 0. The van der Waals surface area contributed by atoms with E-state index in [1.54, 1.807) is 12.0 Å². The zero-order valence-electron chi connectivity index (χ0n) is 12.6. The quantitative estimate of drug-likeness (QED) is 0.740. The summed E-state index contributed by atoms with van der Waals surface area (Å²) in [4.78, 5) is 13.8. The number of nitrogens with zero attached hydrogens (tertiary/aromatic N) is 1. The highest BCUT2D eigenvalue weighted by atomic mass is 16.5. The smallest absolute Gasteiger partial charge is 0.317 e. The number of carbonyl (C=O) groups excluding carboxylic acids is 1. The molecule has 0 spiro atoms. The Labute approximate surface area is 116 Å². The summed E-state index contributed by atoms with van der Waals surface area (Å²) in [5.41, 5.74) is 0.0586. The van der Waals surface area contributed by atoms with Gasteiger partial charge in [-0.2, -0.15) is 0 Å². The van der Waals surface area contributed by atoms with Crippen molar-refractivity contribution in [2.45, 2.75) is 52.2 Å². The Hall–Kier alpha value is -0.810. The first-order chi connectivity index (χ1) is 9.09. The van der Waals surface area contributed by atoms with Crippen LogP contribution in [0.2, 0.25) is 0 Å². The number of hydrogen-bond donors (Lipinski definition) is 2. The number of urea groups is 1. The Bertz CT molecular complexity index is 292. The van der Waals surface area contributed by atoms with Crippen molar-refractivity contribution in [1.82, 2.24) is 10.2 Å². The van der Waals surface area contributed by atoms with Crippen LogP contribution >= 0.6 is 0 Å². The molecule has 1 rings (SSSR count). The van der Waals surface area contributed by atoms with Gasteiger partial charge in [0.05, 0.1) is 12.7 Å². The minimum Gasteiger partial charge on any atom is -0.395 e. The summed E-state index contributed by atoms with van der Waals surface area (Å²) in [6.45, 7) is 7.21. The highest BCUT2D eigenvalue weighted by molar-refractivity contribution is 5.74. The van der Waals surface area contributed by atoms with Crippen molar-refractivity contribution in [3.05, 3.63) is 0 Å². The number of ether oxygens (including phenoxy) is 1. The minimum absolute atomic E-state index is 0.000673. The zero-order valence-corrected chi connectivity index (χ0v) is 12.6. The molecule has 2 N–H and O–H groups in total. The second kappa shape index (κ2) is 7.10. The lowest BCUT2D eigenvalue weighted by Gasteiger charge is -2.55. The van der Waals surface area contributed by atoms with Gasteiger partial charge in [-0.3, -0.25) is 0 Å². The average molecular weight is 272 g/mol. The molecule has 1 saturated carbocycles. The Morgan fingerprint density at radius 3 is 2.47 bits per heavy atom. The maximum atomic E-state index is 12.1. The molecule has 0 radical (unpaired) electrons. The van der Waals surface area contributed by atoms with E-state index in [-0.39, 0.29) is 30.2 Å². The molecular weight excluding hydrogens is 244 g/mol. The van der Waals surface area contributed by atoms with Crippen LogP contribution in [0.25, 0.3) is 0 Å². The summed E-state index contributed by atoms with van der Waals surface area (Å²) in [5, 5.41) is 12.1. The van der Waals surface area contributed by atoms with Crippen LogP contribution < -0.4 is 5.32 Å². The lowest BCUT2D eigenvalue weighted by Crippen LogP contribution is -2.65. The van der Waals surface area contributed by atoms with Gasteiger partial charge in [-0.15, -0.1) is 0 Å². The van der Waals surface area contributed by atoms with E-state index in [2.05, 4.69) is 19.2 Å². The van der Waals surface area contributed by atoms with Crippen molar-refractivity contribution in [3.8, 4) is 0 Å². The van der Waals surface area contributed by atoms with E-state index in [9.17, 15) is 4.79 Å². The molecule has 0 aromatic rings. The summed E-state index contributed by atoms with van der Waals surface area (Å²) < 4.78 is 5.53. The van der Waals surface area contributed by atoms with Gasteiger partial charge in [0, 0.05) is 31.7 Å². The molecular formula is C14H28N2O3. The average Bonchev–Trinajstić information content (AvgIpc) is 2.41. The van der Waals surface area contributed by atoms with Gasteiger partial charge in [0.2, 0.25) is 0 Å². The Morgan fingerprint density at radius 2 is 2.05 bits per heavy atom. The van der Waals surface area contributed by atoms with Crippen LogP contribution in [0, 0.1) is 5.41 Å². The van der Waals surface area contributed by atoms with Crippen molar-refractivity contribution < 1.29 is 14.6 Å². The van der Waals surface area contributed by atoms with Crippen LogP contribution in [0.3, 0.4) is 0 Å². The van der Waals surface area contributed by atoms with E-state index < -0.39 is 0 Å². The van der Waals surface area contributed by atoms with E-state index >= 15 is 0 Å². The van der Waals surface area contributed by atoms with Crippen LogP contribution in [0.4, 0.5) is 4.79 Å². The SMILES string of the molecule is CCN(CCO)C(=O)NC1CC(OC)C1(CC)CC. The summed E-state index contributed by atoms with van der Waals surface area (Å²) in [5.74, 6) is 0. The second-order valence-electron chi connectivity index (χ2n) is 5.21. The molecule has 19 heavy (non-hydrogen) atoms. The molecule has 5 heteroatoms. The third-order valence-electron chi connectivity index (χ3n) is 4.72. The number of rotatable bonds is 7. The van der Waals surface area contributed by atoms with Crippen molar-refractivity contribution in [2.24, 2.45) is 5.41 Å². The van der Waals surface area contributed by atoms with Gasteiger partial charge >= 0.3 is 6.03 Å². The van der Waals surface area contributed by atoms with Crippen LogP contribution in [0.5, 0.6) is 0 Å². The molecule has 5 nitrogen and oxygen atoms in total. The van der Waals surface area contributed by atoms with Gasteiger partial charge in [-0.25, -0.2) is 4.79 Å². The first kappa shape index (κ1) is 16.2. The number of carbonyl (C=O) groups is 1. The van der Waals surface area contributed by atoms with Crippen molar-refractivity contribution in [3.63, 3.8) is 0 Å². The second-order valence-corrected chi connectivity index (χ2v) is 5.21. The topological polar surface area (TPSA) is 61.8 Å². The number of nitrogens with one attached hydrogen (secondary N) is 1. The Kier molecular flexibility index (Phi) is 6.07. The van der Waals surface area contributed by atoms with Gasteiger partial charge in [-0.1, -0.05) is 13.8 Å². The van der Waals surface area contributed by atoms with E-state index in [4.69, 9.17) is 9.84 Å². The third-order valence-corrected chi connectivity index (χ3v) is 4.72. The van der Waals surface area contributed by atoms with Crippen molar-refractivity contribution >= 4 is 6.03 Å². The number of amides is 2. The molecule has 0 heterocycles. The van der Waals surface area contributed by atoms with Crippen LogP contribution in [0.1, 0.15) is 40.0 Å². The Morgan fingerprint density at radius 1 is 1.42 bits per heavy atom. The van der Waals surface area contributed by atoms with Crippen LogP contribution in [-0.2, 0) is 4.74 Å². The predicted molar refractivity (Wildman–Crippen MR) is 75.1 cm³/mol. The van der Waals surface area contributed by atoms with Gasteiger partial charge in [0.15, 0.2) is 0 Å². The number of likely N-dealkylation sites (N-methyl/N-ethyl adjacent to an activating group) is 1. The molecule has 0 aromatic carbocycles. The maximum Gasteiger partial charge on any atom is 0.317 e. The fourth-order valence-electron chi connectivity index (χ4n) is 3.24. The molecule has 1 fully saturated rings.